The molecule has 124 valence electrons. The Morgan fingerprint density at radius 1 is 1.35 bits per heavy atom. The van der Waals surface area contributed by atoms with Gasteiger partial charge in [0.25, 0.3) is 5.78 Å². The van der Waals surface area contributed by atoms with Gasteiger partial charge in [0.1, 0.15) is 6.04 Å². The molecule has 0 aliphatic carbocycles. The zero-order valence-corrected chi connectivity index (χ0v) is 12.6. The summed E-state index contributed by atoms with van der Waals surface area (Å²) in [5, 5.41) is 2.75. The van der Waals surface area contributed by atoms with Crippen LogP contribution in [0.25, 0.3) is 0 Å². The fourth-order valence-corrected chi connectivity index (χ4v) is 2.46. The molecule has 1 unspecified atom stereocenters. The largest absolute Gasteiger partial charge is 0.454 e. The molecular formula is C16H17F3N2O2. The predicted octanol–water partition coefficient (Wildman–Crippen LogP) is 3.04. The van der Waals surface area contributed by atoms with E-state index < -0.39 is 18.0 Å². The molecule has 2 rings (SSSR count). The number of alkyl halides is 3. The van der Waals surface area contributed by atoms with Gasteiger partial charge in [-0.2, -0.15) is 13.2 Å². The average Bonchev–Trinajstić information content (AvgIpc) is 2.92. The summed E-state index contributed by atoms with van der Waals surface area (Å²) in [5.41, 5.74) is 1.62. The van der Waals surface area contributed by atoms with Gasteiger partial charge in [0, 0.05) is 24.5 Å². The van der Waals surface area contributed by atoms with E-state index in [1.54, 1.807) is 18.2 Å². The van der Waals surface area contributed by atoms with E-state index in [4.69, 9.17) is 0 Å². The molecule has 0 radical (unpaired) electrons. The van der Waals surface area contributed by atoms with Crippen molar-refractivity contribution in [2.45, 2.75) is 32.0 Å². The highest BCUT2D eigenvalue weighted by atomic mass is 19.4. The SMILES string of the molecule is Cc1cccc(NC(=O)C2CCCN2C=CC(=O)C(F)(F)F)c1. The minimum absolute atomic E-state index is 0.294. The highest BCUT2D eigenvalue weighted by Gasteiger charge is 2.37. The molecule has 1 aromatic carbocycles. The molecule has 1 aliphatic heterocycles. The molecule has 0 aromatic heterocycles. The van der Waals surface area contributed by atoms with Crippen LogP contribution in [0.5, 0.6) is 0 Å². The second-order valence-corrected chi connectivity index (χ2v) is 5.43. The molecule has 1 aliphatic rings. The lowest BCUT2D eigenvalue weighted by Gasteiger charge is -2.22. The van der Waals surface area contributed by atoms with Crippen molar-refractivity contribution >= 4 is 17.4 Å². The average molecular weight is 326 g/mol. The highest BCUT2D eigenvalue weighted by molar-refractivity contribution is 5.96. The van der Waals surface area contributed by atoms with Crippen LogP contribution in [-0.4, -0.2) is 35.4 Å². The smallest absolute Gasteiger partial charge is 0.365 e. The summed E-state index contributed by atoms with van der Waals surface area (Å²) in [6, 6.07) is 6.67. The van der Waals surface area contributed by atoms with Crippen LogP contribution in [0.4, 0.5) is 18.9 Å². The van der Waals surface area contributed by atoms with Gasteiger partial charge < -0.3 is 10.2 Å². The fraction of sp³-hybridized carbons (Fsp3) is 0.375. The van der Waals surface area contributed by atoms with Crippen LogP contribution >= 0.6 is 0 Å². The summed E-state index contributed by atoms with van der Waals surface area (Å²) in [6.07, 6.45) is -2.16. The van der Waals surface area contributed by atoms with Crippen LogP contribution < -0.4 is 5.32 Å². The first-order valence-electron chi connectivity index (χ1n) is 7.20. The van der Waals surface area contributed by atoms with Gasteiger partial charge in [-0.15, -0.1) is 0 Å². The van der Waals surface area contributed by atoms with Crippen molar-refractivity contribution in [3.05, 3.63) is 42.1 Å². The van der Waals surface area contributed by atoms with Gasteiger partial charge in [-0.25, -0.2) is 0 Å². The minimum atomic E-state index is -4.89. The van der Waals surface area contributed by atoms with E-state index in [0.717, 1.165) is 11.8 Å². The number of hydrogen-bond acceptors (Lipinski definition) is 3. The fourth-order valence-electron chi connectivity index (χ4n) is 2.46. The topological polar surface area (TPSA) is 49.4 Å². The number of benzene rings is 1. The number of likely N-dealkylation sites (tertiary alicyclic amines) is 1. The molecular weight excluding hydrogens is 309 g/mol. The molecule has 7 heteroatoms. The molecule has 1 heterocycles. The number of anilines is 1. The Morgan fingerprint density at radius 3 is 2.74 bits per heavy atom. The lowest BCUT2D eigenvalue weighted by atomic mass is 10.2. The molecule has 0 saturated carbocycles. The van der Waals surface area contributed by atoms with Gasteiger partial charge in [0.15, 0.2) is 0 Å². The van der Waals surface area contributed by atoms with Crippen molar-refractivity contribution in [2.75, 3.05) is 11.9 Å². The molecule has 1 saturated heterocycles. The quantitative estimate of drug-likeness (QED) is 0.865. The van der Waals surface area contributed by atoms with Crippen molar-refractivity contribution in [1.82, 2.24) is 4.90 Å². The predicted molar refractivity (Wildman–Crippen MR) is 79.7 cm³/mol. The normalized spacial score (nSPS) is 18.4. The number of carbonyl (C=O) groups is 2. The van der Waals surface area contributed by atoms with Gasteiger partial charge in [0.2, 0.25) is 5.91 Å². The van der Waals surface area contributed by atoms with E-state index in [1.807, 2.05) is 13.0 Å². The molecule has 1 N–H and O–H groups in total. The zero-order chi connectivity index (χ0) is 17.0. The Kier molecular flexibility index (Phi) is 5.08. The first-order valence-corrected chi connectivity index (χ1v) is 7.20. The summed E-state index contributed by atoms with van der Waals surface area (Å²) >= 11 is 0. The highest BCUT2D eigenvalue weighted by Crippen LogP contribution is 2.21. The van der Waals surface area contributed by atoms with Gasteiger partial charge in [-0.3, -0.25) is 9.59 Å². The lowest BCUT2D eigenvalue weighted by molar-refractivity contribution is -0.165. The number of rotatable bonds is 4. The number of nitrogens with zero attached hydrogens (tertiary/aromatic N) is 1. The number of allylic oxidation sites excluding steroid dienone is 1. The monoisotopic (exact) mass is 326 g/mol. The van der Waals surface area contributed by atoms with Crippen molar-refractivity contribution < 1.29 is 22.8 Å². The van der Waals surface area contributed by atoms with Crippen LogP contribution in [0.1, 0.15) is 18.4 Å². The number of carbonyl (C=O) groups excluding carboxylic acids is 2. The second kappa shape index (κ2) is 6.85. The molecule has 1 amide bonds. The van der Waals surface area contributed by atoms with Crippen molar-refractivity contribution in [1.29, 1.82) is 0 Å². The van der Waals surface area contributed by atoms with Gasteiger partial charge in [0.05, 0.1) is 0 Å². The number of hydrogen-bond donors (Lipinski definition) is 1. The number of amides is 1. The maximum Gasteiger partial charge on any atom is 0.454 e. The maximum atomic E-state index is 12.3. The third kappa shape index (κ3) is 4.58. The van der Waals surface area contributed by atoms with E-state index in [2.05, 4.69) is 5.32 Å². The summed E-state index contributed by atoms with van der Waals surface area (Å²) in [5.74, 6) is -2.22. The molecule has 1 atom stereocenters. The molecule has 1 aromatic rings. The third-order valence-corrected chi connectivity index (χ3v) is 3.58. The number of halogens is 3. The van der Waals surface area contributed by atoms with Crippen molar-refractivity contribution in [3.8, 4) is 0 Å². The second-order valence-electron chi connectivity index (χ2n) is 5.43. The van der Waals surface area contributed by atoms with Crippen LogP contribution in [0.2, 0.25) is 0 Å². The molecule has 23 heavy (non-hydrogen) atoms. The number of nitrogens with one attached hydrogen (secondary N) is 1. The third-order valence-electron chi connectivity index (χ3n) is 3.58. The van der Waals surface area contributed by atoms with Crippen LogP contribution in [0.3, 0.4) is 0 Å². The molecule has 4 nitrogen and oxygen atoms in total. The van der Waals surface area contributed by atoms with E-state index in [1.165, 1.54) is 4.90 Å². The van der Waals surface area contributed by atoms with E-state index >= 15 is 0 Å². The summed E-state index contributed by atoms with van der Waals surface area (Å²) in [6.45, 7) is 2.33. The zero-order valence-electron chi connectivity index (χ0n) is 12.6. The van der Waals surface area contributed by atoms with Crippen LogP contribution in [-0.2, 0) is 9.59 Å². The van der Waals surface area contributed by atoms with Crippen molar-refractivity contribution in [3.63, 3.8) is 0 Å². The Labute approximate surface area is 132 Å². The first kappa shape index (κ1) is 17.1. The molecule has 0 spiro atoms. The minimum Gasteiger partial charge on any atom is -0.365 e. The van der Waals surface area contributed by atoms with Crippen molar-refractivity contribution in [2.24, 2.45) is 0 Å². The van der Waals surface area contributed by atoms with E-state index in [0.29, 0.717) is 31.1 Å². The number of aryl methyl sites for hydroxylation is 1. The Morgan fingerprint density at radius 2 is 2.09 bits per heavy atom. The summed E-state index contributed by atoms with van der Waals surface area (Å²) < 4.78 is 36.6. The number of ketones is 1. The Bertz CT molecular complexity index is 626. The lowest BCUT2D eigenvalue weighted by Crippen LogP contribution is -2.36. The molecule has 0 bridgehead atoms. The summed E-state index contributed by atoms with van der Waals surface area (Å²) in [4.78, 5) is 24.6. The molecule has 1 fully saturated rings. The van der Waals surface area contributed by atoms with E-state index in [9.17, 15) is 22.8 Å². The van der Waals surface area contributed by atoms with E-state index in [-0.39, 0.29) is 5.91 Å². The van der Waals surface area contributed by atoms with Gasteiger partial charge in [-0.1, -0.05) is 12.1 Å². The standard InChI is InChI=1S/C16H17F3N2O2/c1-11-4-2-5-12(10-11)20-15(23)13-6-3-8-21(13)9-7-14(22)16(17,18)19/h2,4-5,7,9-10,13H,3,6,8H2,1H3,(H,20,23). The Hall–Kier alpha value is -2.31. The van der Waals surface area contributed by atoms with Gasteiger partial charge >= 0.3 is 6.18 Å². The van der Waals surface area contributed by atoms with Gasteiger partial charge in [-0.05, 0) is 37.5 Å². The Balaban J connectivity index is 2.02. The van der Waals surface area contributed by atoms with Crippen LogP contribution in [0, 0.1) is 6.92 Å². The first-order chi connectivity index (χ1) is 10.8. The van der Waals surface area contributed by atoms with Crippen LogP contribution in [0.15, 0.2) is 36.5 Å². The summed E-state index contributed by atoms with van der Waals surface area (Å²) in [7, 11) is 0. The maximum absolute atomic E-state index is 12.3.